The number of aromatic nitrogens is 1. The number of amides is 1. The molecule has 0 aromatic carbocycles. The number of rotatable bonds is 3. The highest BCUT2D eigenvalue weighted by molar-refractivity contribution is 7.18. The number of carbonyl (C=O) groups excluding carboxylic acids is 1. The molecule has 1 aromatic heterocycles. The fourth-order valence-corrected chi connectivity index (χ4v) is 3.85. The molecule has 2 atom stereocenters. The van der Waals surface area contributed by atoms with E-state index in [9.17, 15) is 4.79 Å². The van der Waals surface area contributed by atoms with Gasteiger partial charge in [-0.3, -0.25) is 4.79 Å². The first-order valence-corrected chi connectivity index (χ1v) is 8.39. The largest absolute Gasteiger partial charge is 0.382 e. The highest BCUT2D eigenvalue weighted by Gasteiger charge is 2.25. The Kier molecular flexibility index (Phi) is 4.30. The van der Waals surface area contributed by atoms with Gasteiger partial charge >= 0.3 is 0 Å². The monoisotopic (exact) mass is 310 g/mol. The standard InChI is InChI=1S/C14H22N4O2S/c1-9-8-10(4-7-20-9)16-13(19)11-12(15)17-14(21-11)18-5-2-3-6-18/h9-10H,2-8,15H2,1H3,(H,16,19). The molecule has 0 bridgehead atoms. The number of nitrogens with two attached hydrogens (primary N) is 1. The third-order valence-electron chi connectivity index (χ3n) is 4.05. The van der Waals surface area contributed by atoms with E-state index in [0.717, 1.165) is 31.1 Å². The lowest BCUT2D eigenvalue weighted by molar-refractivity contribution is 0.0137. The van der Waals surface area contributed by atoms with Gasteiger partial charge in [0.25, 0.3) is 5.91 Å². The van der Waals surface area contributed by atoms with E-state index in [1.54, 1.807) is 0 Å². The van der Waals surface area contributed by atoms with E-state index in [2.05, 4.69) is 15.2 Å². The number of carbonyl (C=O) groups is 1. The molecule has 116 valence electrons. The van der Waals surface area contributed by atoms with Crippen molar-refractivity contribution in [3.8, 4) is 0 Å². The fraction of sp³-hybridized carbons (Fsp3) is 0.714. The van der Waals surface area contributed by atoms with Crippen molar-refractivity contribution in [2.75, 3.05) is 30.3 Å². The smallest absolute Gasteiger partial charge is 0.265 e. The van der Waals surface area contributed by atoms with Gasteiger partial charge in [0.05, 0.1) is 6.10 Å². The van der Waals surface area contributed by atoms with Crippen molar-refractivity contribution >= 4 is 28.2 Å². The summed E-state index contributed by atoms with van der Waals surface area (Å²) >= 11 is 1.40. The van der Waals surface area contributed by atoms with Crippen LogP contribution in [0.2, 0.25) is 0 Å². The van der Waals surface area contributed by atoms with Crippen LogP contribution in [0, 0.1) is 0 Å². The van der Waals surface area contributed by atoms with Crippen LogP contribution in [0.15, 0.2) is 0 Å². The van der Waals surface area contributed by atoms with Gasteiger partial charge in [-0.1, -0.05) is 11.3 Å². The minimum Gasteiger partial charge on any atom is -0.382 e. The minimum absolute atomic E-state index is 0.102. The number of nitrogens with one attached hydrogen (secondary N) is 1. The zero-order valence-corrected chi connectivity index (χ0v) is 13.1. The maximum atomic E-state index is 12.4. The summed E-state index contributed by atoms with van der Waals surface area (Å²) in [4.78, 5) is 19.5. The molecule has 7 heteroatoms. The molecule has 3 N–H and O–H groups in total. The Morgan fingerprint density at radius 3 is 2.95 bits per heavy atom. The first-order valence-electron chi connectivity index (χ1n) is 7.57. The lowest BCUT2D eigenvalue weighted by atomic mass is 10.0. The highest BCUT2D eigenvalue weighted by atomic mass is 32.1. The first kappa shape index (κ1) is 14.6. The van der Waals surface area contributed by atoms with E-state index in [1.165, 1.54) is 24.2 Å². The predicted molar refractivity (Wildman–Crippen MR) is 83.9 cm³/mol. The summed E-state index contributed by atoms with van der Waals surface area (Å²) in [5.41, 5.74) is 5.93. The van der Waals surface area contributed by atoms with Crippen LogP contribution in [-0.2, 0) is 4.74 Å². The number of hydrogen-bond donors (Lipinski definition) is 2. The fourth-order valence-electron chi connectivity index (χ4n) is 2.91. The molecule has 1 amide bonds. The van der Waals surface area contributed by atoms with Crippen LogP contribution < -0.4 is 16.0 Å². The normalized spacial score (nSPS) is 26.0. The molecule has 0 spiro atoms. The van der Waals surface area contributed by atoms with Crippen molar-refractivity contribution in [2.24, 2.45) is 0 Å². The topological polar surface area (TPSA) is 80.5 Å². The van der Waals surface area contributed by atoms with Crippen molar-refractivity contribution in [2.45, 2.75) is 44.8 Å². The number of anilines is 2. The predicted octanol–water partition coefficient (Wildman–Crippen LogP) is 1.62. The summed E-state index contributed by atoms with van der Waals surface area (Å²) in [6.45, 7) is 4.74. The highest BCUT2D eigenvalue weighted by Crippen LogP contribution is 2.30. The van der Waals surface area contributed by atoms with E-state index in [4.69, 9.17) is 10.5 Å². The molecule has 2 aliphatic rings. The van der Waals surface area contributed by atoms with Gasteiger partial charge in [0.2, 0.25) is 0 Å². The van der Waals surface area contributed by atoms with Crippen LogP contribution in [-0.4, -0.2) is 42.7 Å². The Bertz CT molecular complexity index is 513. The summed E-state index contributed by atoms with van der Waals surface area (Å²) in [7, 11) is 0. The summed E-state index contributed by atoms with van der Waals surface area (Å²) in [5, 5.41) is 3.93. The molecule has 0 saturated carbocycles. The molecular weight excluding hydrogens is 288 g/mol. The number of nitrogen functional groups attached to an aromatic ring is 1. The van der Waals surface area contributed by atoms with Gasteiger partial charge in [0.1, 0.15) is 10.7 Å². The minimum atomic E-state index is -0.102. The Morgan fingerprint density at radius 2 is 2.24 bits per heavy atom. The Morgan fingerprint density at radius 1 is 1.48 bits per heavy atom. The SMILES string of the molecule is CC1CC(NC(=O)c2sc(N3CCCC3)nc2N)CCO1. The van der Waals surface area contributed by atoms with E-state index in [0.29, 0.717) is 17.3 Å². The lowest BCUT2D eigenvalue weighted by Crippen LogP contribution is -2.41. The summed E-state index contributed by atoms with van der Waals surface area (Å²) < 4.78 is 5.50. The Hall–Kier alpha value is -1.34. The Balaban J connectivity index is 1.66. The van der Waals surface area contributed by atoms with E-state index in [-0.39, 0.29) is 18.1 Å². The molecule has 2 saturated heterocycles. The van der Waals surface area contributed by atoms with Crippen molar-refractivity contribution in [1.29, 1.82) is 0 Å². The average Bonchev–Trinajstić information content (AvgIpc) is 3.07. The van der Waals surface area contributed by atoms with Crippen LogP contribution in [0.5, 0.6) is 0 Å². The van der Waals surface area contributed by atoms with Crippen molar-refractivity contribution in [3.05, 3.63) is 4.88 Å². The summed E-state index contributed by atoms with van der Waals surface area (Å²) in [6.07, 6.45) is 4.27. The number of nitrogens with zero attached hydrogens (tertiary/aromatic N) is 2. The average molecular weight is 310 g/mol. The van der Waals surface area contributed by atoms with E-state index >= 15 is 0 Å². The molecule has 6 nitrogen and oxygen atoms in total. The van der Waals surface area contributed by atoms with Gasteiger partial charge in [0.15, 0.2) is 5.13 Å². The molecule has 0 radical (unpaired) electrons. The zero-order valence-electron chi connectivity index (χ0n) is 12.3. The first-order chi connectivity index (χ1) is 10.1. The maximum absolute atomic E-state index is 12.4. The molecule has 1 aromatic rings. The number of ether oxygens (including phenoxy) is 1. The summed E-state index contributed by atoms with van der Waals surface area (Å²) in [6, 6.07) is 0.165. The molecule has 3 rings (SSSR count). The lowest BCUT2D eigenvalue weighted by Gasteiger charge is -2.27. The second kappa shape index (κ2) is 6.19. The van der Waals surface area contributed by atoms with Crippen LogP contribution in [0.25, 0.3) is 0 Å². The third-order valence-corrected chi connectivity index (χ3v) is 5.18. The van der Waals surface area contributed by atoms with Crippen LogP contribution >= 0.6 is 11.3 Å². The molecule has 2 unspecified atom stereocenters. The van der Waals surface area contributed by atoms with E-state index in [1.807, 2.05) is 6.92 Å². The van der Waals surface area contributed by atoms with Crippen LogP contribution in [0.1, 0.15) is 42.3 Å². The molecule has 21 heavy (non-hydrogen) atoms. The molecule has 2 fully saturated rings. The number of thiazole rings is 1. The number of hydrogen-bond acceptors (Lipinski definition) is 6. The van der Waals surface area contributed by atoms with Gasteiger partial charge in [-0.15, -0.1) is 0 Å². The Labute approximate surface area is 128 Å². The maximum Gasteiger partial charge on any atom is 0.265 e. The van der Waals surface area contributed by atoms with Crippen molar-refractivity contribution in [1.82, 2.24) is 10.3 Å². The van der Waals surface area contributed by atoms with Gasteiger partial charge in [0, 0.05) is 25.7 Å². The summed E-state index contributed by atoms with van der Waals surface area (Å²) in [5.74, 6) is 0.244. The van der Waals surface area contributed by atoms with Crippen molar-refractivity contribution < 1.29 is 9.53 Å². The van der Waals surface area contributed by atoms with Gasteiger partial charge in [-0.25, -0.2) is 4.98 Å². The second-order valence-corrected chi connectivity index (χ2v) is 6.76. The van der Waals surface area contributed by atoms with Crippen LogP contribution in [0.3, 0.4) is 0 Å². The molecule has 2 aliphatic heterocycles. The second-order valence-electron chi connectivity index (χ2n) is 5.78. The molecular formula is C14H22N4O2S. The molecule has 0 aliphatic carbocycles. The molecule has 3 heterocycles. The van der Waals surface area contributed by atoms with E-state index < -0.39 is 0 Å². The van der Waals surface area contributed by atoms with Gasteiger partial charge < -0.3 is 20.7 Å². The zero-order chi connectivity index (χ0) is 14.8. The van der Waals surface area contributed by atoms with Gasteiger partial charge in [-0.2, -0.15) is 0 Å². The van der Waals surface area contributed by atoms with Crippen molar-refractivity contribution in [3.63, 3.8) is 0 Å². The van der Waals surface area contributed by atoms with Gasteiger partial charge in [-0.05, 0) is 32.6 Å². The third kappa shape index (κ3) is 3.29. The van der Waals surface area contributed by atoms with Crippen LogP contribution in [0.4, 0.5) is 10.9 Å². The quantitative estimate of drug-likeness (QED) is 0.887.